The summed E-state index contributed by atoms with van der Waals surface area (Å²) in [5.74, 6) is 1.63. The molecule has 1 amide bonds. The molecule has 136 valence electrons. The number of nitrogens with zero attached hydrogens (tertiary/aromatic N) is 7. The van der Waals surface area contributed by atoms with Crippen molar-refractivity contribution in [3.8, 4) is 0 Å². The van der Waals surface area contributed by atoms with Crippen molar-refractivity contribution < 1.29 is 14.1 Å². The lowest BCUT2D eigenvalue weighted by Gasteiger charge is -2.32. The molecule has 1 saturated heterocycles. The van der Waals surface area contributed by atoms with E-state index in [0.717, 1.165) is 25.8 Å². The molecule has 10 heteroatoms. The maximum atomic E-state index is 12.3. The van der Waals surface area contributed by atoms with E-state index in [4.69, 9.17) is 9.26 Å². The van der Waals surface area contributed by atoms with Gasteiger partial charge >= 0.3 is 0 Å². The van der Waals surface area contributed by atoms with Crippen LogP contribution in [0.2, 0.25) is 0 Å². The second-order valence-electron chi connectivity index (χ2n) is 6.62. The average Bonchev–Trinajstić information content (AvgIpc) is 3.25. The summed E-state index contributed by atoms with van der Waals surface area (Å²) < 4.78 is 12.5. The van der Waals surface area contributed by atoms with Gasteiger partial charge in [-0.3, -0.25) is 4.79 Å². The summed E-state index contributed by atoms with van der Waals surface area (Å²) in [4.78, 5) is 18.4. The molecule has 0 radical (unpaired) electrons. The van der Waals surface area contributed by atoms with Crippen LogP contribution in [0.1, 0.15) is 38.4 Å². The van der Waals surface area contributed by atoms with E-state index in [1.54, 1.807) is 4.90 Å². The Morgan fingerprint density at radius 2 is 2.36 bits per heavy atom. The summed E-state index contributed by atoms with van der Waals surface area (Å²) in [5.41, 5.74) is 0. The van der Waals surface area contributed by atoms with Gasteiger partial charge in [0.1, 0.15) is 19.5 Å². The highest BCUT2D eigenvalue weighted by Gasteiger charge is 2.25. The number of amides is 1. The first-order chi connectivity index (χ1) is 12.1. The van der Waals surface area contributed by atoms with Gasteiger partial charge in [0.05, 0.1) is 6.10 Å². The van der Waals surface area contributed by atoms with E-state index in [2.05, 4.69) is 39.5 Å². The van der Waals surface area contributed by atoms with Gasteiger partial charge in [-0.25, -0.2) is 4.68 Å². The van der Waals surface area contributed by atoms with E-state index in [0.29, 0.717) is 30.8 Å². The van der Waals surface area contributed by atoms with Crippen molar-refractivity contribution in [1.29, 1.82) is 0 Å². The zero-order valence-electron chi connectivity index (χ0n) is 14.5. The molecule has 10 nitrogen and oxygen atoms in total. The van der Waals surface area contributed by atoms with E-state index in [1.807, 2.05) is 0 Å². The Labute approximate surface area is 145 Å². The minimum Gasteiger partial charge on any atom is -0.368 e. The third-order valence-electron chi connectivity index (χ3n) is 3.96. The summed E-state index contributed by atoms with van der Waals surface area (Å²) in [7, 11) is 0. The summed E-state index contributed by atoms with van der Waals surface area (Å²) in [5, 5.41) is 14.7. The summed E-state index contributed by atoms with van der Waals surface area (Å²) in [6, 6.07) is 0. The van der Waals surface area contributed by atoms with Crippen LogP contribution in [0.25, 0.3) is 0 Å². The van der Waals surface area contributed by atoms with Crippen LogP contribution in [0.15, 0.2) is 10.9 Å². The number of rotatable bonds is 7. The highest BCUT2D eigenvalue weighted by Crippen LogP contribution is 2.15. The van der Waals surface area contributed by atoms with Crippen LogP contribution in [0.3, 0.4) is 0 Å². The largest absolute Gasteiger partial charge is 0.368 e. The van der Waals surface area contributed by atoms with Crippen LogP contribution in [0.5, 0.6) is 0 Å². The molecule has 25 heavy (non-hydrogen) atoms. The van der Waals surface area contributed by atoms with Crippen molar-refractivity contribution >= 4 is 5.91 Å². The number of ether oxygens (including phenoxy) is 1. The molecule has 0 bridgehead atoms. The lowest BCUT2D eigenvalue weighted by atomic mass is 10.1. The minimum atomic E-state index is -0.0291. The molecule has 3 heterocycles. The number of hydrogen-bond donors (Lipinski definition) is 0. The van der Waals surface area contributed by atoms with Gasteiger partial charge < -0.3 is 14.2 Å². The van der Waals surface area contributed by atoms with Crippen molar-refractivity contribution in [1.82, 2.24) is 35.2 Å². The topological polar surface area (TPSA) is 112 Å². The lowest BCUT2D eigenvalue weighted by Crippen LogP contribution is -2.44. The molecular weight excluding hydrogens is 326 g/mol. The van der Waals surface area contributed by atoms with Crippen molar-refractivity contribution in [3.05, 3.63) is 18.0 Å². The summed E-state index contributed by atoms with van der Waals surface area (Å²) in [6.07, 6.45) is 3.97. The Morgan fingerprint density at radius 1 is 1.48 bits per heavy atom. The van der Waals surface area contributed by atoms with Gasteiger partial charge in [0.15, 0.2) is 5.82 Å². The first-order valence-electron chi connectivity index (χ1n) is 8.51. The predicted octanol–water partition coefficient (Wildman–Crippen LogP) is 0.462. The Hall–Kier alpha value is -2.36. The van der Waals surface area contributed by atoms with E-state index >= 15 is 0 Å². The molecule has 1 unspecified atom stereocenters. The van der Waals surface area contributed by atoms with Crippen LogP contribution in [0.4, 0.5) is 0 Å². The van der Waals surface area contributed by atoms with Crippen LogP contribution < -0.4 is 0 Å². The second-order valence-corrected chi connectivity index (χ2v) is 6.62. The maximum Gasteiger partial charge on any atom is 0.244 e. The molecule has 1 aliphatic rings. The smallest absolute Gasteiger partial charge is 0.244 e. The molecule has 2 aromatic heterocycles. The Kier molecular flexibility index (Phi) is 5.69. The molecular formula is C15H23N7O3. The van der Waals surface area contributed by atoms with Gasteiger partial charge in [-0.1, -0.05) is 19.0 Å². The lowest BCUT2D eigenvalue weighted by molar-refractivity contribution is -0.136. The second kappa shape index (κ2) is 8.15. The van der Waals surface area contributed by atoms with E-state index in [9.17, 15) is 4.79 Å². The molecule has 0 aromatic carbocycles. The predicted molar refractivity (Wildman–Crippen MR) is 85.0 cm³/mol. The molecule has 0 aliphatic carbocycles. The van der Waals surface area contributed by atoms with Crippen molar-refractivity contribution in [2.24, 2.45) is 5.92 Å². The molecule has 0 saturated carbocycles. The zero-order chi connectivity index (χ0) is 17.6. The molecule has 0 N–H and O–H groups in total. The third kappa shape index (κ3) is 5.05. The first kappa shape index (κ1) is 17.5. The fourth-order valence-electron chi connectivity index (χ4n) is 2.77. The van der Waals surface area contributed by atoms with Gasteiger partial charge in [-0.2, -0.15) is 4.98 Å². The van der Waals surface area contributed by atoms with Gasteiger partial charge in [-0.15, -0.1) is 5.10 Å². The van der Waals surface area contributed by atoms with Gasteiger partial charge in [0.2, 0.25) is 11.8 Å². The molecule has 1 fully saturated rings. The van der Waals surface area contributed by atoms with Gasteiger partial charge in [0.25, 0.3) is 0 Å². The number of carbonyl (C=O) groups excluding carboxylic acids is 1. The number of aromatic nitrogens is 6. The summed E-state index contributed by atoms with van der Waals surface area (Å²) >= 11 is 0. The van der Waals surface area contributed by atoms with E-state index in [1.165, 1.54) is 11.0 Å². The standard InChI is InChI=1S/C15H23N7O3/c1-11(2)6-14-17-13(18-25-14)9-24-12-4-3-5-21(7-12)15(23)8-22-10-16-19-20-22/h10-12H,3-9H2,1-2H3. The fraction of sp³-hybridized carbons (Fsp3) is 0.733. The SMILES string of the molecule is CC(C)Cc1nc(COC2CCCN(C(=O)Cn3cnnn3)C2)no1. The van der Waals surface area contributed by atoms with Crippen molar-refractivity contribution in [2.75, 3.05) is 13.1 Å². The van der Waals surface area contributed by atoms with E-state index < -0.39 is 0 Å². The third-order valence-corrected chi connectivity index (χ3v) is 3.96. The van der Waals surface area contributed by atoms with Crippen LogP contribution in [-0.4, -0.2) is 60.3 Å². The van der Waals surface area contributed by atoms with Crippen LogP contribution in [-0.2, 0) is 29.1 Å². The zero-order valence-corrected chi connectivity index (χ0v) is 14.5. The summed E-state index contributed by atoms with van der Waals surface area (Å²) in [6.45, 7) is 5.91. The molecule has 3 rings (SSSR count). The monoisotopic (exact) mass is 349 g/mol. The highest BCUT2D eigenvalue weighted by atomic mass is 16.5. The number of piperidine rings is 1. The quantitative estimate of drug-likeness (QED) is 0.709. The Morgan fingerprint density at radius 3 is 3.12 bits per heavy atom. The average molecular weight is 349 g/mol. The normalized spacial score (nSPS) is 18.0. The van der Waals surface area contributed by atoms with E-state index in [-0.39, 0.29) is 18.6 Å². The highest BCUT2D eigenvalue weighted by molar-refractivity contribution is 5.76. The van der Waals surface area contributed by atoms with Gasteiger partial charge in [-0.05, 0) is 29.2 Å². The number of likely N-dealkylation sites (tertiary alicyclic amines) is 1. The Bertz CT molecular complexity index is 670. The Balaban J connectivity index is 1.46. The minimum absolute atomic E-state index is 0.0145. The number of carbonyl (C=O) groups is 1. The van der Waals surface area contributed by atoms with Crippen LogP contribution in [0, 0.1) is 5.92 Å². The van der Waals surface area contributed by atoms with Crippen molar-refractivity contribution in [3.63, 3.8) is 0 Å². The van der Waals surface area contributed by atoms with Gasteiger partial charge in [0, 0.05) is 19.5 Å². The fourth-order valence-corrected chi connectivity index (χ4v) is 2.77. The number of tetrazole rings is 1. The molecule has 1 aliphatic heterocycles. The first-order valence-corrected chi connectivity index (χ1v) is 8.51. The molecule has 2 aromatic rings. The maximum absolute atomic E-state index is 12.3. The van der Waals surface area contributed by atoms with Crippen LogP contribution >= 0.6 is 0 Å². The molecule has 1 atom stereocenters. The number of hydrogen-bond acceptors (Lipinski definition) is 8. The molecule has 0 spiro atoms. The van der Waals surface area contributed by atoms with Crippen molar-refractivity contribution in [2.45, 2.75) is 52.4 Å².